The van der Waals surface area contributed by atoms with Crippen LogP contribution in [0.15, 0.2) is 60.8 Å². The molecule has 7 heteroatoms. The molecule has 0 aliphatic heterocycles. The molecule has 0 aliphatic carbocycles. The van der Waals surface area contributed by atoms with Gasteiger partial charge in [0.05, 0.1) is 5.69 Å². The number of benzene rings is 2. The Morgan fingerprint density at radius 3 is 2.33 bits per heavy atom. The van der Waals surface area contributed by atoms with Crippen LogP contribution in [0, 0.1) is 5.92 Å². The summed E-state index contributed by atoms with van der Waals surface area (Å²) in [6.07, 6.45) is 2.25. The van der Waals surface area contributed by atoms with E-state index in [2.05, 4.69) is 20.8 Å². The molecule has 30 heavy (non-hydrogen) atoms. The summed E-state index contributed by atoms with van der Waals surface area (Å²) in [5, 5.41) is 13.2. The molecule has 3 rings (SSSR count). The molecule has 3 aromatic rings. The van der Waals surface area contributed by atoms with Crippen LogP contribution in [0.4, 0.5) is 0 Å². The standard InChI is InChI=1S/C23H25ClN4O2/c1-15(2)13-21(27-22(29)18-7-9-19(24)10-8-18)23(30)25-14-16-3-5-17(6-4-16)20-11-12-26-28-20/h3-12,15,21H,13-14H2,1-2H3,(H,25,30)(H,26,28)(H,27,29). The van der Waals surface area contributed by atoms with Crippen LogP contribution in [0.5, 0.6) is 0 Å². The number of nitrogens with zero attached hydrogens (tertiary/aromatic N) is 1. The van der Waals surface area contributed by atoms with Gasteiger partial charge < -0.3 is 10.6 Å². The maximum atomic E-state index is 12.8. The van der Waals surface area contributed by atoms with Crippen LogP contribution < -0.4 is 10.6 Å². The highest BCUT2D eigenvalue weighted by Crippen LogP contribution is 2.17. The Kier molecular flexibility index (Phi) is 7.25. The fourth-order valence-corrected chi connectivity index (χ4v) is 3.20. The maximum Gasteiger partial charge on any atom is 0.251 e. The minimum Gasteiger partial charge on any atom is -0.350 e. The Hall–Kier alpha value is -3.12. The molecule has 0 radical (unpaired) electrons. The molecule has 1 unspecified atom stereocenters. The molecule has 2 amide bonds. The molecule has 0 spiro atoms. The van der Waals surface area contributed by atoms with E-state index >= 15 is 0 Å². The molecular formula is C23H25ClN4O2. The lowest BCUT2D eigenvalue weighted by Gasteiger charge is -2.20. The van der Waals surface area contributed by atoms with Gasteiger partial charge in [0.15, 0.2) is 0 Å². The monoisotopic (exact) mass is 424 g/mol. The van der Waals surface area contributed by atoms with Crippen LogP contribution in [0.25, 0.3) is 11.3 Å². The van der Waals surface area contributed by atoms with Gasteiger partial charge in [0.1, 0.15) is 6.04 Å². The van der Waals surface area contributed by atoms with Gasteiger partial charge in [-0.15, -0.1) is 0 Å². The number of rotatable bonds is 8. The summed E-state index contributed by atoms with van der Waals surface area (Å²) < 4.78 is 0. The molecule has 6 nitrogen and oxygen atoms in total. The summed E-state index contributed by atoms with van der Waals surface area (Å²) in [4.78, 5) is 25.3. The highest BCUT2D eigenvalue weighted by Gasteiger charge is 2.22. The van der Waals surface area contributed by atoms with E-state index in [1.165, 1.54) is 0 Å². The van der Waals surface area contributed by atoms with Gasteiger partial charge in [0, 0.05) is 23.3 Å². The topological polar surface area (TPSA) is 86.9 Å². The Balaban J connectivity index is 1.60. The van der Waals surface area contributed by atoms with Gasteiger partial charge >= 0.3 is 0 Å². The first kappa shape index (κ1) is 21.6. The second-order valence-electron chi connectivity index (χ2n) is 7.55. The smallest absolute Gasteiger partial charge is 0.251 e. The average molecular weight is 425 g/mol. The van der Waals surface area contributed by atoms with E-state index in [9.17, 15) is 9.59 Å². The molecule has 2 aromatic carbocycles. The van der Waals surface area contributed by atoms with Crippen molar-refractivity contribution in [2.75, 3.05) is 0 Å². The highest BCUT2D eigenvalue weighted by atomic mass is 35.5. The first-order valence-electron chi connectivity index (χ1n) is 9.85. The summed E-state index contributed by atoms with van der Waals surface area (Å²) >= 11 is 5.88. The molecule has 156 valence electrons. The van der Waals surface area contributed by atoms with E-state index in [0.29, 0.717) is 23.6 Å². The summed E-state index contributed by atoms with van der Waals surface area (Å²) in [5.74, 6) is -0.250. The van der Waals surface area contributed by atoms with Crippen LogP contribution in [0.3, 0.4) is 0 Å². The third kappa shape index (κ3) is 5.94. The van der Waals surface area contributed by atoms with Gasteiger partial charge in [-0.1, -0.05) is 49.7 Å². The fourth-order valence-electron chi connectivity index (χ4n) is 3.08. The third-order valence-electron chi connectivity index (χ3n) is 4.67. The lowest BCUT2D eigenvalue weighted by molar-refractivity contribution is -0.123. The number of hydrogen-bond acceptors (Lipinski definition) is 3. The minimum absolute atomic E-state index is 0.205. The second-order valence-corrected chi connectivity index (χ2v) is 7.98. The number of aromatic amines is 1. The Labute approximate surface area is 181 Å². The molecule has 1 heterocycles. The molecule has 0 saturated heterocycles. The van der Waals surface area contributed by atoms with E-state index in [1.54, 1.807) is 30.5 Å². The zero-order valence-electron chi connectivity index (χ0n) is 17.0. The fraction of sp³-hybridized carbons (Fsp3) is 0.261. The van der Waals surface area contributed by atoms with Crippen molar-refractivity contribution in [2.45, 2.75) is 32.9 Å². The number of halogens is 1. The van der Waals surface area contributed by atoms with E-state index < -0.39 is 6.04 Å². The second kappa shape index (κ2) is 10.1. The van der Waals surface area contributed by atoms with E-state index in [1.807, 2.05) is 44.2 Å². The van der Waals surface area contributed by atoms with Crippen molar-refractivity contribution in [2.24, 2.45) is 5.92 Å². The van der Waals surface area contributed by atoms with Crippen LogP contribution in [0.2, 0.25) is 5.02 Å². The number of carbonyl (C=O) groups excluding carboxylic acids is 2. The minimum atomic E-state index is -0.613. The van der Waals surface area contributed by atoms with Crippen LogP contribution >= 0.6 is 11.6 Å². The van der Waals surface area contributed by atoms with Gasteiger partial charge in [0.2, 0.25) is 5.91 Å². The molecule has 0 fully saturated rings. The number of H-pyrrole nitrogens is 1. The lowest BCUT2D eigenvalue weighted by atomic mass is 10.0. The molecule has 0 saturated carbocycles. The van der Waals surface area contributed by atoms with Crippen LogP contribution in [-0.2, 0) is 11.3 Å². The van der Waals surface area contributed by atoms with Crippen molar-refractivity contribution in [3.63, 3.8) is 0 Å². The van der Waals surface area contributed by atoms with Gasteiger partial charge in [-0.2, -0.15) is 5.10 Å². The summed E-state index contributed by atoms with van der Waals surface area (Å²) in [5.41, 5.74) is 3.40. The lowest BCUT2D eigenvalue weighted by Crippen LogP contribution is -2.47. The van der Waals surface area contributed by atoms with Gasteiger partial charge in [-0.3, -0.25) is 14.7 Å². The van der Waals surface area contributed by atoms with Crippen molar-refractivity contribution in [1.29, 1.82) is 0 Å². The SMILES string of the molecule is CC(C)CC(NC(=O)c1ccc(Cl)cc1)C(=O)NCc1ccc(-c2ccn[nH]2)cc1. The normalized spacial score (nSPS) is 11.9. The van der Waals surface area contributed by atoms with Crippen molar-refractivity contribution in [3.8, 4) is 11.3 Å². The highest BCUT2D eigenvalue weighted by molar-refractivity contribution is 6.30. The predicted octanol–water partition coefficient (Wildman–Crippen LogP) is 4.19. The van der Waals surface area contributed by atoms with Crippen molar-refractivity contribution in [1.82, 2.24) is 20.8 Å². The molecule has 0 aliphatic rings. The van der Waals surface area contributed by atoms with Gasteiger partial charge in [0.25, 0.3) is 5.91 Å². The van der Waals surface area contributed by atoms with Gasteiger partial charge in [-0.25, -0.2) is 0 Å². The maximum absolute atomic E-state index is 12.8. The quantitative estimate of drug-likeness (QED) is 0.506. The number of hydrogen-bond donors (Lipinski definition) is 3. The molecule has 1 aromatic heterocycles. The molecular weight excluding hydrogens is 400 g/mol. The molecule has 1 atom stereocenters. The first-order chi connectivity index (χ1) is 14.4. The van der Waals surface area contributed by atoms with Crippen molar-refractivity contribution >= 4 is 23.4 Å². The third-order valence-corrected chi connectivity index (χ3v) is 4.92. The summed E-state index contributed by atoms with van der Waals surface area (Å²) in [6, 6.07) is 15.7. The molecule has 3 N–H and O–H groups in total. The van der Waals surface area contributed by atoms with Gasteiger partial charge in [-0.05, 0) is 53.8 Å². The van der Waals surface area contributed by atoms with E-state index in [0.717, 1.165) is 16.8 Å². The van der Waals surface area contributed by atoms with E-state index in [-0.39, 0.29) is 17.7 Å². The van der Waals surface area contributed by atoms with E-state index in [4.69, 9.17) is 11.6 Å². The number of amides is 2. The Morgan fingerprint density at radius 2 is 1.73 bits per heavy atom. The number of aromatic nitrogens is 2. The first-order valence-corrected chi connectivity index (χ1v) is 10.2. The van der Waals surface area contributed by atoms with Crippen LogP contribution in [-0.4, -0.2) is 28.1 Å². The largest absolute Gasteiger partial charge is 0.350 e. The predicted molar refractivity (Wildman–Crippen MR) is 118 cm³/mol. The zero-order valence-corrected chi connectivity index (χ0v) is 17.7. The van der Waals surface area contributed by atoms with Crippen molar-refractivity contribution < 1.29 is 9.59 Å². The molecule has 0 bridgehead atoms. The number of nitrogens with one attached hydrogen (secondary N) is 3. The Bertz CT molecular complexity index is 967. The summed E-state index contributed by atoms with van der Waals surface area (Å²) in [7, 11) is 0. The number of carbonyl (C=O) groups is 2. The summed E-state index contributed by atoms with van der Waals surface area (Å²) in [6.45, 7) is 4.42. The average Bonchev–Trinajstić information content (AvgIpc) is 3.27. The Morgan fingerprint density at radius 1 is 1.03 bits per heavy atom. The van der Waals surface area contributed by atoms with Crippen molar-refractivity contribution in [3.05, 3.63) is 76.9 Å². The zero-order chi connectivity index (χ0) is 21.5. The van der Waals surface area contributed by atoms with Crippen LogP contribution in [0.1, 0.15) is 36.2 Å².